The molecule has 3 aliphatic rings. The van der Waals surface area contributed by atoms with E-state index in [2.05, 4.69) is 14.8 Å². The van der Waals surface area contributed by atoms with Crippen LogP contribution in [0.1, 0.15) is 56.9 Å². The zero-order chi connectivity index (χ0) is 19.2. The molecular weight excluding hydrogens is 350 g/mol. The fourth-order valence-electron chi connectivity index (χ4n) is 5.18. The number of ether oxygens (including phenoxy) is 1. The summed E-state index contributed by atoms with van der Waals surface area (Å²) in [5.74, 6) is 0.861. The van der Waals surface area contributed by atoms with Crippen molar-refractivity contribution in [2.45, 2.75) is 69.9 Å². The number of piperidine rings is 1. The van der Waals surface area contributed by atoms with Crippen LogP contribution in [0, 0.1) is 5.92 Å². The number of hydrogen-bond donors (Lipinski definition) is 0. The van der Waals surface area contributed by atoms with Gasteiger partial charge < -0.3 is 14.5 Å². The lowest BCUT2D eigenvalue weighted by molar-refractivity contribution is -0.133. The van der Waals surface area contributed by atoms with Crippen molar-refractivity contribution < 1.29 is 9.53 Å². The third kappa shape index (κ3) is 5.32. The first-order valence-corrected chi connectivity index (χ1v) is 11.3. The molecule has 2 aliphatic heterocycles. The summed E-state index contributed by atoms with van der Waals surface area (Å²) < 4.78 is 5.85. The van der Waals surface area contributed by atoms with E-state index in [9.17, 15) is 4.79 Å². The lowest BCUT2D eigenvalue weighted by Gasteiger charge is -2.38. The van der Waals surface area contributed by atoms with Gasteiger partial charge in [0.05, 0.1) is 12.5 Å². The Bertz CT molecular complexity index is 604. The van der Waals surface area contributed by atoms with Gasteiger partial charge in [0.1, 0.15) is 0 Å². The van der Waals surface area contributed by atoms with Crippen LogP contribution in [0.15, 0.2) is 24.5 Å². The second-order valence-electron chi connectivity index (χ2n) is 8.88. The van der Waals surface area contributed by atoms with Crippen LogP contribution in [0.4, 0.5) is 0 Å². The highest BCUT2D eigenvalue weighted by Crippen LogP contribution is 2.28. The van der Waals surface area contributed by atoms with Gasteiger partial charge in [-0.2, -0.15) is 0 Å². The van der Waals surface area contributed by atoms with Crippen molar-refractivity contribution in [3.05, 3.63) is 30.1 Å². The third-order valence-electron chi connectivity index (χ3n) is 6.87. The average molecular weight is 386 g/mol. The maximum absolute atomic E-state index is 13.1. The minimum absolute atomic E-state index is 0.222. The minimum Gasteiger partial charge on any atom is -0.376 e. The molecule has 3 fully saturated rings. The number of hydrogen-bond acceptors (Lipinski definition) is 4. The highest BCUT2D eigenvalue weighted by Gasteiger charge is 2.30. The molecule has 3 heterocycles. The van der Waals surface area contributed by atoms with Crippen LogP contribution in [0.3, 0.4) is 0 Å². The zero-order valence-corrected chi connectivity index (χ0v) is 17.1. The van der Waals surface area contributed by atoms with Crippen molar-refractivity contribution >= 4 is 5.91 Å². The Kier molecular flexibility index (Phi) is 6.97. The number of likely N-dealkylation sites (tertiary alicyclic amines) is 1. The van der Waals surface area contributed by atoms with Crippen molar-refractivity contribution in [3.8, 4) is 0 Å². The number of aromatic nitrogens is 1. The molecule has 0 bridgehead atoms. The van der Waals surface area contributed by atoms with E-state index in [1.165, 1.54) is 51.6 Å². The zero-order valence-electron chi connectivity index (χ0n) is 17.1. The van der Waals surface area contributed by atoms with Gasteiger partial charge in [0, 0.05) is 38.1 Å². The molecule has 4 rings (SSSR count). The fraction of sp³-hybridized carbons (Fsp3) is 0.739. The van der Waals surface area contributed by atoms with Crippen LogP contribution in [-0.2, 0) is 16.0 Å². The van der Waals surface area contributed by atoms with Crippen LogP contribution < -0.4 is 0 Å². The molecule has 1 aromatic heterocycles. The molecule has 0 unspecified atom stereocenters. The quantitative estimate of drug-likeness (QED) is 0.723. The van der Waals surface area contributed by atoms with Crippen molar-refractivity contribution in [3.63, 3.8) is 0 Å². The van der Waals surface area contributed by atoms with Gasteiger partial charge in [0.2, 0.25) is 5.91 Å². The number of carbonyl (C=O) groups excluding carboxylic acids is 1. The monoisotopic (exact) mass is 385 g/mol. The Balaban J connectivity index is 1.32. The highest BCUT2D eigenvalue weighted by molar-refractivity contribution is 5.78. The summed E-state index contributed by atoms with van der Waals surface area (Å²) in [5, 5.41) is 0. The summed E-state index contributed by atoms with van der Waals surface area (Å²) in [6.45, 7) is 4.91. The predicted octanol–water partition coefficient (Wildman–Crippen LogP) is 3.29. The second-order valence-corrected chi connectivity index (χ2v) is 8.88. The first-order valence-electron chi connectivity index (χ1n) is 11.3. The van der Waals surface area contributed by atoms with Crippen molar-refractivity contribution in [1.29, 1.82) is 0 Å². The number of amides is 1. The van der Waals surface area contributed by atoms with Crippen LogP contribution in [0.5, 0.6) is 0 Å². The van der Waals surface area contributed by atoms with Gasteiger partial charge in [0.15, 0.2) is 0 Å². The van der Waals surface area contributed by atoms with E-state index >= 15 is 0 Å². The van der Waals surface area contributed by atoms with Crippen LogP contribution >= 0.6 is 0 Å². The van der Waals surface area contributed by atoms with E-state index < -0.39 is 0 Å². The SMILES string of the molecule is O=C(Cc1ccncc1)N(CC1CCN(C2CCCC2)CC1)C[C@@H]1CCCO1. The Hall–Kier alpha value is -1.46. The molecule has 5 nitrogen and oxygen atoms in total. The summed E-state index contributed by atoms with van der Waals surface area (Å²) in [4.78, 5) is 22.0. The molecule has 0 aromatic carbocycles. The summed E-state index contributed by atoms with van der Waals surface area (Å²) in [6, 6.07) is 4.72. The summed E-state index contributed by atoms with van der Waals surface area (Å²) in [5.41, 5.74) is 1.05. The molecule has 1 amide bonds. The topological polar surface area (TPSA) is 45.7 Å². The van der Waals surface area contributed by atoms with Gasteiger partial charge in [-0.25, -0.2) is 0 Å². The van der Waals surface area contributed by atoms with E-state index in [0.29, 0.717) is 12.3 Å². The van der Waals surface area contributed by atoms with Crippen molar-refractivity contribution in [1.82, 2.24) is 14.8 Å². The Morgan fingerprint density at radius 1 is 1.04 bits per heavy atom. The molecule has 2 saturated heterocycles. The van der Waals surface area contributed by atoms with E-state index in [1.807, 2.05) is 12.1 Å². The standard InChI is InChI=1S/C23H35N3O2/c27-23(16-19-7-11-24-12-8-19)26(18-22-6-3-15-28-22)17-20-9-13-25(14-10-20)21-4-1-2-5-21/h7-8,11-12,20-22H,1-6,9-10,13-18H2/t22-/m0/s1. The summed E-state index contributed by atoms with van der Waals surface area (Å²) >= 11 is 0. The molecule has 154 valence electrons. The average Bonchev–Trinajstić information content (AvgIpc) is 3.43. The molecule has 0 spiro atoms. The number of carbonyl (C=O) groups is 1. The maximum Gasteiger partial charge on any atom is 0.227 e. The van der Waals surface area contributed by atoms with Gasteiger partial charge in [-0.3, -0.25) is 9.78 Å². The largest absolute Gasteiger partial charge is 0.376 e. The van der Waals surface area contributed by atoms with Crippen molar-refractivity contribution in [2.75, 3.05) is 32.8 Å². The van der Waals surface area contributed by atoms with E-state index in [0.717, 1.165) is 44.1 Å². The first-order chi connectivity index (χ1) is 13.8. The van der Waals surface area contributed by atoms with E-state index in [4.69, 9.17) is 4.74 Å². The smallest absolute Gasteiger partial charge is 0.227 e. The van der Waals surface area contributed by atoms with Crippen LogP contribution in [0.2, 0.25) is 0 Å². The fourth-order valence-corrected chi connectivity index (χ4v) is 5.18. The molecule has 1 atom stereocenters. The third-order valence-corrected chi connectivity index (χ3v) is 6.87. The second kappa shape index (κ2) is 9.84. The molecule has 1 saturated carbocycles. The first kappa shape index (κ1) is 19.8. The van der Waals surface area contributed by atoms with Gasteiger partial charge in [-0.05, 0) is 75.2 Å². The van der Waals surface area contributed by atoms with Gasteiger partial charge in [0.25, 0.3) is 0 Å². The lowest BCUT2D eigenvalue weighted by atomic mass is 9.94. The molecule has 1 aliphatic carbocycles. The Morgan fingerprint density at radius 3 is 2.46 bits per heavy atom. The number of nitrogens with zero attached hydrogens (tertiary/aromatic N) is 3. The van der Waals surface area contributed by atoms with E-state index in [1.54, 1.807) is 12.4 Å². The van der Waals surface area contributed by atoms with Gasteiger partial charge in [-0.1, -0.05) is 12.8 Å². The lowest BCUT2D eigenvalue weighted by Crippen LogP contribution is -2.45. The number of pyridine rings is 1. The van der Waals surface area contributed by atoms with Crippen molar-refractivity contribution in [2.24, 2.45) is 5.92 Å². The summed E-state index contributed by atoms with van der Waals surface area (Å²) in [6.07, 6.45) is 14.5. The Labute approximate surface area is 169 Å². The van der Waals surface area contributed by atoms with Gasteiger partial charge in [-0.15, -0.1) is 0 Å². The summed E-state index contributed by atoms with van der Waals surface area (Å²) in [7, 11) is 0. The Morgan fingerprint density at radius 2 is 1.79 bits per heavy atom. The van der Waals surface area contributed by atoms with Gasteiger partial charge >= 0.3 is 0 Å². The molecule has 0 N–H and O–H groups in total. The maximum atomic E-state index is 13.1. The van der Waals surface area contributed by atoms with Crippen LogP contribution in [-0.4, -0.2) is 65.6 Å². The molecule has 0 radical (unpaired) electrons. The van der Waals surface area contributed by atoms with Crippen LogP contribution in [0.25, 0.3) is 0 Å². The molecular formula is C23H35N3O2. The normalized spacial score (nSPS) is 24.6. The predicted molar refractivity (Wildman–Crippen MR) is 110 cm³/mol. The molecule has 5 heteroatoms. The molecule has 1 aromatic rings. The minimum atomic E-state index is 0.222. The molecule has 28 heavy (non-hydrogen) atoms. The number of rotatable bonds is 7. The van der Waals surface area contributed by atoms with E-state index in [-0.39, 0.29) is 12.0 Å². The highest BCUT2D eigenvalue weighted by atomic mass is 16.5.